The van der Waals surface area contributed by atoms with E-state index in [1.807, 2.05) is 0 Å². The summed E-state index contributed by atoms with van der Waals surface area (Å²) in [5, 5.41) is -0.242. The van der Waals surface area contributed by atoms with Crippen LogP contribution in [0.5, 0.6) is 0 Å². The van der Waals surface area contributed by atoms with Crippen molar-refractivity contribution in [2.45, 2.75) is 32.7 Å². The molecule has 0 amide bonds. The van der Waals surface area contributed by atoms with Crippen LogP contribution in [0.15, 0.2) is 23.0 Å². The fourth-order valence-corrected chi connectivity index (χ4v) is 3.12. The maximum absolute atomic E-state index is 13.4. The van der Waals surface area contributed by atoms with E-state index in [1.54, 1.807) is 0 Å². The van der Waals surface area contributed by atoms with E-state index >= 15 is 0 Å². The first-order valence-corrected chi connectivity index (χ1v) is 7.19. The number of aromatic nitrogens is 2. The summed E-state index contributed by atoms with van der Waals surface area (Å²) in [6, 6.07) is 2.91. The molecular weight excluding hydrogens is 350 g/mol. The number of aryl methyl sites for hydroxylation is 1. The van der Waals surface area contributed by atoms with Crippen LogP contribution in [0, 0.1) is 13.8 Å². The van der Waals surface area contributed by atoms with Gasteiger partial charge in [-0.05, 0) is 31.5 Å². The number of fused-ring (bicyclic) bond motifs is 3. The van der Waals surface area contributed by atoms with E-state index in [0.717, 1.165) is 4.57 Å². The van der Waals surface area contributed by atoms with Crippen molar-refractivity contribution >= 4 is 21.8 Å². The van der Waals surface area contributed by atoms with Gasteiger partial charge in [-0.1, -0.05) is 0 Å². The third kappa shape index (κ3) is 2.87. The number of hydrogen-bond donors (Lipinski definition) is 1. The number of pyridine rings is 1. The Morgan fingerprint density at radius 2 is 1.68 bits per heavy atom. The van der Waals surface area contributed by atoms with E-state index in [4.69, 9.17) is 0 Å². The number of rotatable bonds is 1. The van der Waals surface area contributed by atoms with Crippen molar-refractivity contribution in [3.05, 3.63) is 45.4 Å². The minimum atomic E-state index is -4.81. The molecule has 0 saturated heterocycles. The first kappa shape index (κ1) is 17.4. The maximum Gasteiger partial charge on any atom is 0.417 e. The number of benzene rings is 1. The molecule has 0 aliphatic heterocycles. The topological polar surface area (TPSA) is 37.8 Å². The van der Waals surface area contributed by atoms with E-state index in [1.165, 1.54) is 26.0 Å². The zero-order valence-corrected chi connectivity index (χ0v) is 13.1. The molecule has 2 heterocycles. The maximum atomic E-state index is 13.4. The zero-order chi connectivity index (χ0) is 18.7. The number of hydrogen-bond acceptors (Lipinski definition) is 1. The number of H-pyrrole nitrogens is 1. The fraction of sp³-hybridized carbons (Fsp3) is 0.312. The minimum Gasteiger partial charge on any atom is -0.335 e. The molecule has 0 bridgehead atoms. The van der Waals surface area contributed by atoms with Gasteiger partial charge in [0, 0.05) is 33.6 Å². The lowest BCUT2D eigenvalue weighted by atomic mass is 10.0. The van der Waals surface area contributed by atoms with Crippen LogP contribution in [0.25, 0.3) is 21.8 Å². The Labute approximate surface area is 136 Å². The van der Waals surface area contributed by atoms with Crippen molar-refractivity contribution in [1.82, 2.24) is 9.55 Å². The first-order valence-electron chi connectivity index (χ1n) is 7.19. The summed E-state index contributed by atoms with van der Waals surface area (Å²) < 4.78 is 79.7. The number of nitrogens with zero attached hydrogens (tertiary/aromatic N) is 1. The molecule has 0 fully saturated rings. The van der Waals surface area contributed by atoms with Gasteiger partial charge in [0.25, 0.3) is 0 Å². The lowest BCUT2D eigenvalue weighted by Gasteiger charge is -2.13. The second-order valence-electron chi connectivity index (χ2n) is 5.84. The van der Waals surface area contributed by atoms with Crippen LogP contribution in [0.3, 0.4) is 0 Å². The molecule has 9 heteroatoms. The molecule has 134 valence electrons. The highest BCUT2D eigenvalue weighted by molar-refractivity contribution is 6.09. The molecule has 2 aromatic heterocycles. The lowest BCUT2D eigenvalue weighted by molar-refractivity contribution is -0.140. The van der Waals surface area contributed by atoms with E-state index in [-0.39, 0.29) is 27.5 Å². The fourth-order valence-electron chi connectivity index (χ4n) is 3.12. The molecule has 0 spiro atoms. The largest absolute Gasteiger partial charge is 0.417 e. The van der Waals surface area contributed by atoms with Gasteiger partial charge in [-0.25, -0.2) is 0 Å². The Morgan fingerprint density at radius 3 is 2.24 bits per heavy atom. The monoisotopic (exact) mass is 362 g/mol. The molecule has 1 aromatic carbocycles. The second kappa shape index (κ2) is 5.27. The highest BCUT2D eigenvalue weighted by Gasteiger charge is 2.35. The van der Waals surface area contributed by atoms with Gasteiger partial charge in [-0.2, -0.15) is 26.3 Å². The Hall–Kier alpha value is -2.45. The van der Waals surface area contributed by atoms with Gasteiger partial charge in [0.15, 0.2) is 0 Å². The molecule has 0 aliphatic carbocycles. The summed E-state index contributed by atoms with van der Waals surface area (Å²) in [5.41, 5.74) is -1.59. The highest BCUT2D eigenvalue weighted by atomic mass is 19.4. The van der Waals surface area contributed by atoms with Gasteiger partial charge in [0.2, 0.25) is 5.56 Å². The lowest BCUT2D eigenvalue weighted by Crippen LogP contribution is -2.18. The van der Waals surface area contributed by atoms with Crippen molar-refractivity contribution in [3.8, 4) is 0 Å². The van der Waals surface area contributed by atoms with Gasteiger partial charge in [-0.15, -0.1) is 0 Å². The Bertz CT molecular complexity index is 1040. The van der Waals surface area contributed by atoms with Crippen LogP contribution in [-0.4, -0.2) is 15.7 Å². The van der Waals surface area contributed by atoms with Crippen LogP contribution < -0.4 is 5.56 Å². The number of aromatic amines is 1. The van der Waals surface area contributed by atoms with E-state index in [2.05, 4.69) is 4.98 Å². The average molecular weight is 362 g/mol. The normalized spacial score (nSPS) is 13.1. The van der Waals surface area contributed by atoms with Crippen LogP contribution >= 0.6 is 0 Å². The molecule has 0 atom stereocenters. The molecule has 3 aromatic rings. The quantitative estimate of drug-likeness (QED) is 0.627. The van der Waals surface area contributed by atoms with Crippen LogP contribution in [0.4, 0.5) is 26.3 Å². The van der Waals surface area contributed by atoms with Crippen molar-refractivity contribution in [2.24, 2.45) is 0 Å². The number of alkyl halides is 6. The van der Waals surface area contributed by atoms with E-state index < -0.39 is 30.0 Å². The predicted octanol–water partition coefficient (Wildman–Crippen LogP) is 4.68. The molecule has 3 nitrogen and oxygen atoms in total. The van der Waals surface area contributed by atoms with Gasteiger partial charge in [0.1, 0.15) is 6.54 Å². The van der Waals surface area contributed by atoms with Crippen LogP contribution in [-0.2, 0) is 12.7 Å². The molecule has 0 unspecified atom stereocenters. The van der Waals surface area contributed by atoms with Crippen molar-refractivity contribution in [2.75, 3.05) is 0 Å². The summed E-state index contributed by atoms with van der Waals surface area (Å²) in [7, 11) is 0. The molecule has 0 radical (unpaired) electrons. The number of halogens is 6. The summed E-state index contributed by atoms with van der Waals surface area (Å²) in [6.07, 6.45) is -9.33. The molecule has 0 aliphatic rings. The average Bonchev–Trinajstić information content (AvgIpc) is 2.69. The molecule has 25 heavy (non-hydrogen) atoms. The highest BCUT2D eigenvalue weighted by Crippen LogP contribution is 2.40. The predicted molar refractivity (Wildman–Crippen MR) is 80.6 cm³/mol. The molecule has 1 N–H and O–H groups in total. The van der Waals surface area contributed by atoms with Crippen molar-refractivity contribution < 1.29 is 26.3 Å². The Kier molecular flexibility index (Phi) is 3.66. The second-order valence-corrected chi connectivity index (χ2v) is 5.84. The number of nitrogens with one attached hydrogen (secondary N) is 1. The van der Waals surface area contributed by atoms with E-state index in [9.17, 15) is 31.1 Å². The van der Waals surface area contributed by atoms with Gasteiger partial charge < -0.3 is 9.55 Å². The summed E-state index contributed by atoms with van der Waals surface area (Å²) in [6.45, 7) is 1.58. The standard InChI is InChI=1S/C16H12F6N2O/c1-7-8(2)24(6-15(17,18)19)11-4-3-10-14(13(7)11)9(16(20,21)22)5-12(25)23-10/h3-5H,6H2,1-2H3,(H,23,25). The Balaban J connectivity index is 2.52. The summed E-state index contributed by atoms with van der Waals surface area (Å²) >= 11 is 0. The SMILES string of the molecule is Cc1c(C)n(CC(F)(F)F)c2ccc3[nH]c(=O)cc(C(F)(F)F)c3c12. The summed E-state index contributed by atoms with van der Waals surface area (Å²) in [5.74, 6) is 0. The third-order valence-corrected chi connectivity index (χ3v) is 4.24. The van der Waals surface area contributed by atoms with Gasteiger partial charge >= 0.3 is 12.4 Å². The smallest absolute Gasteiger partial charge is 0.335 e. The third-order valence-electron chi connectivity index (χ3n) is 4.24. The summed E-state index contributed by atoms with van der Waals surface area (Å²) in [4.78, 5) is 13.8. The van der Waals surface area contributed by atoms with Crippen LogP contribution in [0.1, 0.15) is 16.8 Å². The van der Waals surface area contributed by atoms with Crippen molar-refractivity contribution in [3.63, 3.8) is 0 Å². The molecule has 3 rings (SSSR count). The zero-order valence-electron chi connectivity index (χ0n) is 13.1. The van der Waals surface area contributed by atoms with E-state index in [0.29, 0.717) is 11.6 Å². The molecular formula is C16H12F6N2O. The minimum absolute atomic E-state index is 0.0392. The molecule has 0 saturated carbocycles. The van der Waals surface area contributed by atoms with Crippen molar-refractivity contribution in [1.29, 1.82) is 0 Å². The van der Waals surface area contributed by atoms with Gasteiger partial charge in [0.05, 0.1) is 5.56 Å². The van der Waals surface area contributed by atoms with Gasteiger partial charge in [-0.3, -0.25) is 4.79 Å². The van der Waals surface area contributed by atoms with Crippen LogP contribution in [0.2, 0.25) is 0 Å². The first-order chi connectivity index (χ1) is 11.4. The Morgan fingerprint density at radius 1 is 1.04 bits per heavy atom.